The molecule has 3 atom stereocenters. The van der Waals surface area contributed by atoms with Crippen molar-refractivity contribution < 1.29 is 19.7 Å². The van der Waals surface area contributed by atoms with Gasteiger partial charge in [0.15, 0.2) is 5.78 Å². The van der Waals surface area contributed by atoms with Gasteiger partial charge in [-0.3, -0.25) is 4.79 Å². The summed E-state index contributed by atoms with van der Waals surface area (Å²) in [5.74, 6) is 0.733. The Hall–Kier alpha value is -2.33. The average molecular weight is 336 g/mol. The van der Waals surface area contributed by atoms with Crippen LogP contribution in [0.15, 0.2) is 24.3 Å². The van der Waals surface area contributed by atoms with Gasteiger partial charge in [-0.05, 0) is 65.1 Å². The number of phenols is 2. The minimum atomic E-state index is 0.0258. The highest BCUT2D eigenvalue weighted by Gasteiger charge is 2.46. The largest absolute Gasteiger partial charge is 0.508 e. The quantitative estimate of drug-likeness (QED) is 0.829. The van der Waals surface area contributed by atoms with E-state index in [0.29, 0.717) is 17.7 Å². The van der Waals surface area contributed by atoms with E-state index in [9.17, 15) is 15.0 Å². The van der Waals surface area contributed by atoms with Crippen LogP contribution in [-0.4, -0.2) is 29.2 Å². The van der Waals surface area contributed by atoms with E-state index in [1.165, 1.54) is 5.56 Å². The Labute approximate surface area is 146 Å². The lowest BCUT2D eigenvalue weighted by Crippen LogP contribution is -2.36. The molecular formula is C21H20O4. The van der Waals surface area contributed by atoms with Crippen molar-refractivity contribution in [1.29, 1.82) is 0 Å². The fourth-order valence-electron chi connectivity index (χ4n) is 5.34. The molecule has 2 N–H and O–H groups in total. The maximum atomic E-state index is 12.5. The van der Waals surface area contributed by atoms with E-state index < -0.39 is 0 Å². The zero-order chi connectivity index (χ0) is 17.3. The second-order valence-corrected chi connectivity index (χ2v) is 7.35. The molecule has 0 saturated heterocycles. The molecule has 2 aromatic carbocycles. The number of hydrogen-bond donors (Lipinski definition) is 2. The fraction of sp³-hybridized carbons (Fsp3) is 0.381. The van der Waals surface area contributed by atoms with E-state index in [4.69, 9.17) is 4.74 Å². The summed E-state index contributed by atoms with van der Waals surface area (Å²) in [6, 6.07) is 7.24. The summed E-state index contributed by atoms with van der Waals surface area (Å²) in [7, 11) is 1.74. The van der Waals surface area contributed by atoms with Gasteiger partial charge < -0.3 is 14.9 Å². The SMILES string of the molecule is CO[C@H]1CCc2c(O)ccc3c2[C@@H]1C1CCC(=O)c2c(O)ccc-3c21. The molecule has 4 heteroatoms. The van der Waals surface area contributed by atoms with Gasteiger partial charge in [0.05, 0.1) is 11.7 Å². The number of methoxy groups -OCH3 is 1. The number of rotatable bonds is 1. The third-order valence-corrected chi connectivity index (χ3v) is 6.33. The molecule has 2 aromatic rings. The molecule has 0 heterocycles. The number of benzene rings is 2. The van der Waals surface area contributed by atoms with Crippen LogP contribution in [0.25, 0.3) is 11.1 Å². The van der Waals surface area contributed by atoms with Crippen LogP contribution in [0.2, 0.25) is 0 Å². The average Bonchev–Trinajstić information content (AvgIpc) is 2.62. The van der Waals surface area contributed by atoms with E-state index in [0.717, 1.165) is 41.5 Å². The van der Waals surface area contributed by atoms with Gasteiger partial charge in [-0.1, -0.05) is 12.1 Å². The lowest BCUT2D eigenvalue weighted by atomic mass is 9.60. The molecule has 25 heavy (non-hydrogen) atoms. The third kappa shape index (κ3) is 1.83. The van der Waals surface area contributed by atoms with E-state index in [-0.39, 0.29) is 29.5 Å². The van der Waals surface area contributed by atoms with Crippen molar-refractivity contribution in [3.05, 3.63) is 46.5 Å². The minimum Gasteiger partial charge on any atom is -0.508 e. The van der Waals surface area contributed by atoms with Crippen molar-refractivity contribution in [2.75, 3.05) is 7.11 Å². The van der Waals surface area contributed by atoms with Gasteiger partial charge in [0.25, 0.3) is 0 Å². The first-order valence-electron chi connectivity index (χ1n) is 8.88. The lowest BCUT2D eigenvalue weighted by molar-refractivity contribution is 0.0537. The predicted molar refractivity (Wildman–Crippen MR) is 93.4 cm³/mol. The number of fused-ring (bicyclic) bond motifs is 2. The smallest absolute Gasteiger partial charge is 0.166 e. The topological polar surface area (TPSA) is 66.8 Å². The second-order valence-electron chi connectivity index (χ2n) is 7.35. The minimum absolute atomic E-state index is 0.0258. The molecule has 3 aliphatic rings. The second kappa shape index (κ2) is 5.09. The fourth-order valence-corrected chi connectivity index (χ4v) is 5.34. The molecule has 4 nitrogen and oxygen atoms in total. The standard InChI is InChI=1S/C21H20O4/c1-25-17-9-5-12-14(22)6-2-10-11-3-7-15(23)21-16(24)8-4-13(19(11)21)20(17)18(10)12/h2-3,6-7,13,17,20,22-23H,4-5,8-9H2,1H3/t13?,17-,20+/m0/s1. The molecule has 0 fully saturated rings. The highest BCUT2D eigenvalue weighted by atomic mass is 16.5. The third-order valence-electron chi connectivity index (χ3n) is 6.33. The van der Waals surface area contributed by atoms with Gasteiger partial charge in [0.1, 0.15) is 11.5 Å². The Morgan fingerprint density at radius 2 is 1.68 bits per heavy atom. The van der Waals surface area contributed by atoms with Crippen molar-refractivity contribution >= 4 is 5.78 Å². The Morgan fingerprint density at radius 1 is 0.960 bits per heavy atom. The number of hydrogen-bond acceptors (Lipinski definition) is 4. The molecule has 0 radical (unpaired) electrons. The molecule has 0 amide bonds. The summed E-state index contributed by atoms with van der Waals surface area (Å²) in [4.78, 5) is 12.5. The van der Waals surface area contributed by atoms with Crippen molar-refractivity contribution in [3.63, 3.8) is 0 Å². The monoisotopic (exact) mass is 336 g/mol. The lowest BCUT2D eigenvalue weighted by Gasteiger charge is -2.45. The first-order valence-corrected chi connectivity index (χ1v) is 8.88. The molecule has 0 aromatic heterocycles. The Morgan fingerprint density at radius 3 is 2.44 bits per heavy atom. The van der Waals surface area contributed by atoms with Gasteiger partial charge >= 0.3 is 0 Å². The van der Waals surface area contributed by atoms with Crippen LogP contribution in [0.4, 0.5) is 0 Å². The van der Waals surface area contributed by atoms with Crippen LogP contribution < -0.4 is 0 Å². The molecule has 128 valence electrons. The summed E-state index contributed by atoms with van der Waals surface area (Å²) in [6.07, 6.45) is 2.94. The van der Waals surface area contributed by atoms with Crippen molar-refractivity contribution in [2.45, 2.75) is 43.6 Å². The number of Topliss-reactive ketones (excluding diaryl/α,β-unsaturated/α-hetero) is 1. The van der Waals surface area contributed by atoms with Crippen LogP contribution in [0.1, 0.15) is 58.1 Å². The molecule has 5 rings (SSSR count). The van der Waals surface area contributed by atoms with Gasteiger partial charge in [-0.25, -0.2) is 0 Å². The highest BCUT2D eigenvalue weighted by Crippen LogP contribution is 2.58. The first-order chi connectivity index (χ1) is 12.1. The molecule has 0 bridgehead atoms. The van der Waals surface area contributed by atoms with E-state index in [1.54, 1.807) is 19.2 Å². The molecule has 0 aliphatic heterocycles. The van der Waals surface area contributed by atoms with Crippen molar-refractivity contribution in [2.24, 2.45) is 0 Å². The Kier molecular flexibility index (Phi) is 3.04. The number of ether oxygens (including phenoxy) is 1. The van der Waals surface area contributed by atoms with Crippen LogP contribution >= 0.6 is 0 Å². The molecule has 1 unspecified atom stereocenters. The molecule has 0 saturated carbocycles. The zero-order valence-electron chi connectivity index (χ0n) is 14.1. The van der Waals surface area contributed by atoms with E-state index >= 15 is 0 Å². The van der Waals surface area contributed by atoms with Crippen LogP contribution in [0.3, 0.4) is 0 Å². The summed E-state index contributed by atoms with van der Waals surface area (Å²) >= 11 is 0. The predicted octanol–water partition coefficient (Wildman–Crippen LogP) is 3.88. The van der Waals surface area contributed by atoms with Gasteiger partial charge in [-0.2, -0.15) is 0 Å². The highest BCUT2D eigenvalue weighted by molar-refractivity contribution is 6.04. The first kappa shape index (κ1) is 15.0. The maximum Gasteiger partial charge on any atom is 0.166 e. The summed E-state index contributed by atoms with van der Waals surface area (Å²) in [5, 5.41) is 20.7. The summed E-state index contributed by atoms with van der Waals surface area (Å²) in [6.45, 7) is 0. The van der Waals surface area contributed by atoms with Gasteiger partial charge in [0, 0.05) is 19.4 Å². The number of phenolic OH excluding ortho intramolecular Hbond substituents is 2. The zero-order valence-corrected chi connectivity index (χ0v) is 14.1. The maximum absolute atomic E-state index is 12.5. The number of carbonyl (C=O) groups is 1. The molecule has 3 aliphatic carbocycles. The molecule has 0 spiro atoms. The van der Waals surface area contributed by atoms with E-state index in [1.807, 2.05) is 12.1 Å². The van der Waals surface area contributed by atoms with E-state index in [2.05, 4.69) is 0 Å². The molecular weight excluding hydrogens is 316 g/mol. The van der Waals surface area contributed by atoms with Crippen LogP contribution in [0, 0.1) is 0 Å². The van der Waals surface area contributed by atoms with Gasteiger partial charge in [-0.15, -0.1) is 0 Å². The number of carbonyl (C=O) groups excluding carboxylic acids is 1. The summed E-state index contributed by atoms with van der Waals surface area (Å²) < 4.78 is 5.82. The van der Waals surface area contributed by atoms with Crippen molar-refractivity contribution in [3.8, 4) is 22.6 Å². The Bertz CT molecular complexity index is 915. The number of ketones is 1. The number of aromatic hydroxyl groups is 2. The van der Waals surface area contributed by atoms with Gasteiger partial charge in [0.2, 0.25) is 0 Å². The summed E-state index contributed by atoms with van der Waals surface area (Å²) in [5.41, 5.74) is 5.77. The van der Waals surface area contributed by atoms with Crippen LogP contribution in [0.5, 0.6) is 11.5 Å². The normalized spacial score (nSPS) is 26.1. The Balaban J connectivity index is 1.89. The van der Waals surface area contributed by atoms with Crippen molar-refractivity contribution in [1.82, 2.24) is 0 Å². The van der Waals surface area contributed by atoms with Crippen LogP contribution in [-0.2, 0) is 11.2 Å².